The molecule has 0 aliphatic rings. The lowest BCUT2D eigenvalue weighted by molar-refractivity contribution is -0.139. The lowest BCUT2D eigenvalue weighted by Crippen LogP contribution is -2.41. The quantitative estimate of drug-likeness (QED) is 0.796. The summed E-state index contributed by atoms with van der Waals surface area (Å²) < 4.78 is 38.4. The van der Waals surface area contributed by atoms with E-state index in [1.807, 2.05) is 0 Å². The normalized spacial score (nSPS) is 13.2. The van der Waals surface area contributed by atoms with E-state index in [0.717, 1.165) is 12.1 Å². The number of hydrogen-bond acceptors (Lipinski definition) is 3. The number of benzene rings is 1. The van der Waals surface area contributed by atoms with E-state index in [0.29, 0.717) is 12.0 Å². The molecule has 0 unspecified atom stereocenters. The number of nitrogens with one attached hydrogen (secondary N) is 1. The molecule has 2 N–H and O–H groups in total. The zero-order chi connectivity index (χ0) is 14.5. The lowest BCUT2D eigenvalue weighted by Gasteiger charge is -2.13. The number of halogens is 1. The maximum Gasteiger partial charge on any atom is 0.321 e. The molecule has 0 saturated heterocycles. The van der Waals surface area contributed by atoms with Crippen LogP contribution >= 0.6 is 0 Å². The number of hydrogen-bond donors (Lipinski definition) is 2. The van der Waals surface area contributed by atoms with Gasteiger partial charge in [-0.25, -0.2) is 17.5 Å². The van der Waals surface area contributed by atoms with E-state index in [1.54, 1.807) is 6.92 Å². The van der Waals surface area contributed by atoms with E-state index in [4.69, 9.17) is 5.11 Å². The van der Waals surface area contributed by atoms with Gasteiger partial charge in [-0.05, 0) is 24.1 Å². The third-order valence-electron chi connectivity index (χ3n) is 2.47. The summed E-state index contributed by atoms with van der Waals surface area (Å²) >= 11 is 0. The summed E-state index contributed by atoms with van der Waals surface area (Å²) in [5.74, 6) is -2.03. The van der Waals surface area contributed by atoms with Crippen molar-refractivity contribution in [2.45, 2.75) is 31.6 Å². The maximum atomic E-state index is 12.7. The van der Waals surface area contributed by atoms with Gasteiger partial charge in [-0.1, -0.05) is 25.5 Å². The van der Waals surface area contributed by atoms with Crippen LogP contribution in [-0.2, 0) is 20.6 Å². The summed E-state index contributed by atoms with van der Waals surface area (Å²) in [5, 5.41) is 8.89. The Kier molecular flexibility index (Phi) is 5.44. The van der Waals surface area contributed by atoms with Crippen LogP contribution in [0.25, 0.3) is 0 Å². The van der Waals surface area contributed by atoms with Crippen molar-refractivity contribution >= 4 is 16.0 Å². The number of rotatable bonds is 7. The summed E-state index contributed by atoms with van der Waals surface area (Å²) in [7, 11) is -3.77. The van der Waals surface area contributed by atoms with E-state index in [-0.39, 0.29) is 12.2 Å². The van der Waals surface area contributed by atoms with Gasteiger partial charge in [0.2, 0.25) is 10.0 Å². The lowest BCUT2D eigenvalue weighted by atomic mass is 10.2. The molecule has 0 aliphatic heterocycles. The van der Waals surface area contributed by atoms with Crippen LogP contribution < -0.4 is 4.72 Å². The number of carboxylic acid groups (broad SMARTS) is 1. The first-order valence-electron chi connectivity index (χ1n) is 5.81. The Hall–Kier alpha value is -1.47. The maximum absolute atomic E-state index is 12.7. The van der Waals surface area contributed by atoms with Crippen molar-refractivity contribution in [1.82, 2.24) is 4.72 Å². The highest BCUT2D eigenvalue weighted by Crippen LogP contribution is 2.08. The fraction of sp³-hybridized carbons (Fsp3) is 0.417. The molecule has 0 bridgehead atoms. The highest BCUT2D eigenvalue weighted by atomic mass is 32.2. The first kappa shape index (κ1) is 15.6. The largest absolute Gasteiger partial charge is 0.480 e. The first-order chi connectivity index (χ1) is 8.84. The topological polar surface area (TPSA) is 83.5 Å². The first-order valence-corrected chi connectivity index (χ1v) is 7.46. The van der Waals surface area contributed by atoms with Gasteiger partial charge in [-0.15, -0.1) is 0 Å². The second-order valence-electron chi connectivity index (χ2n) is 4.18. The average Bonchev–Trinajstić information content (AvgIpc) is 2.31. The van der Waals surface area contributed by atoms with Crippen LogP contribution in [0, 0.1) is 5.82 Å². The summed E-state index contributed by atoms with van der Waals surface area (Å²) in [6.07, 6.45) is 0.772. The predicted octanol–water partition coefficient (Wildman–Crippen LogP) is 1.50. The van der Waals surface area contributed by atoms with Crippen molar-refractivity contribution < 1.29 is 22.7 Å². The molecule has 0 spiro atoms. The van der Waals surface area contributed by atoms with E-state index < -0.39 is 27.9 Å². The summed E-state index contributed by atoms with van der Waals surface area (Å²) in [4.78, 5) is 10.9. The van der Waals surface area contributed by atoms with Crippen molar-refractivity contribution in [1.29, 1.82) is 0 Å². The molecule has 1 aromatic rings. The number of carbonyl (C=O) groups is 1. The molecule has 5 nitrogen and oxygen atoms in total. The molecule has 106 valence electrons. The van der Waals surface area contributed by atoms with Gasteiger partial charge in [0.15, 0.2) is 0 Å². The van der Waals surface area contributed by atoms with Crippen LogP contribution in [0.1, 0.15) is 25.3 Å². The van der Waals surface area contributed by atoms with Gasteiger partial charge in [-0.3, -0.25) is 4.79 Å². The molecule has 0 amide bonds. The summed E-state index contributed by atoms with van der Waals surface area (Å²) in [6.45, 7) is 1.77. The fourth-order valence-corrected chi connectivity index (χ4v) is 2.95. The predicted molar refractivity (Wildman–Crippen MR) is 68.5 cm³/mol. The molecule has 1 aromatic carbocycles. The standard InChI is InChI=1S/C12H16FNO4S/c1-2-3-11(12(15)16)14-19(17,18)8-9-4-6-10(13)7-5-9/h4-7,11,14H,2-3,8H2,1H3,(H,15,16)/t11-/m0/s1. The fourth-order valence-electron chi connectivity index (χ4n) is 1.58. The zero-order valence-electron chi connectivity index (χ0n) is 10.5. The van der Waals surface area contributed by atoms with E-state index in [2.05, 4.69) is 4.72 Å². The van der Waals surface area contributed by atoms with Crippen LogP contribution in [0.5, 0.6) is 0 Å². The number of sulfonamides is 1. The smallest absolute Gasteiger partial charge is 0.321 e. The molecule has 0 aromatic heterocycles. The molecule has 0 radical (unpaired) electrons. The molecule has 7 heteroatoms. The molecule has 0 heterocycles. The highest BCUT2D eigenvalue weighted by Gasteiger charge is 2.23. The third-order valence-corrected chi connectivity index (χ3v) is 3.82. The van der Waals surface area contributed by atoms with E-state index in [1.165, 1.54) is 12.1 Å². The molecule has 1 rings (SSSR count). The average molecular weight is 289 g/mol. The third kappa shape index (κ3) is 5.35. The van der Waals surface area contributed by atoms with Crippen molar-refractivity contribution in [2.75, 3.05) is 0 Å². The Labute approximate surface area is 111 Å². The van der Waals surface area contributed by atoms with Crippen LogP contribution in [0.3, 0.4) is 0 Å². The Morgan fingerprint density at radius 3 is 2.42 bits per heavy atom. The van der Waals surface area contributed by atoms with E-state index in [9.17, 15) is 17.6 Å². The van der Waals surface area contributed by atoms with Crippen molar-refractivity contribution in [3.05, 3.63) is 35.6 Å². The Balaban J connectivity index is 2.75. The molecular formula is C12H16FNO4S. The van der Waals surface area contributed by atoms with Crippen LogP contribution in [0.15, 0.2) is 24.3 Å². The second kappa shape index (κ2) is 6.63. The number of carboxylic acids is 1. The second-order valence-corrected chi connectivity index (χ2v) is 5.94. The van der Waals surface area contributed by atoms with Gasteiger partial charge < -0.3 is 5.11 Å². The minimum Gasteiger partial charge on any atom is -0.480 e. The van der Waals surface area contributed by atoms with E-state index >= 15 is 0 Å². The summed E-state index contributed by atoms with van der Waals surface area (Å²) in [5.41, 5.74) is 0.398. The Bertz CT molecular complexity index is 527. The van der Waals surface area contributed by atoms with Crippen molar-refractivity contribution in [2.24, 2.45) is 0 Å². The minimum absolute atomic E-state index is 0.220. The van der Waals surface area contributed by atoms with Crippen LogP contribution in [0.4, 0.5) is 4.39 Å². The Morgan fingerprint density at radius 2 is 1.95 bits per heavy atom. The molecule has 0 saturated carbocycles. The Morgan fingerprint density at radius 1 is 1.37 bits per heavy atom. The SMILES string of the molecule is CCC[C@H](NS(=O)(=O)Cc1ccc(F)cc1)C(=O)O. The van der Waals surface area contributed by atoms with Crippen LogP contribution in [0.2, 0.25) is 0 Å². The minimum atomic E-state index is -3.77. The highest BCUT2D eigenvalue weighted by molar-refractivity contribution is 7.88. The van der Waals surface area contributed by atoms with Gasteiger partial charge in [0.05, 0.1) is 5.75 Å². The van der Waals surface area contributed by atoms with Gasteiger partial charge in [0, 0.05) is 0 Å². The molecule has 1 atom stereocenters. The van der Waals surface area contributed by atoms with Gasteiger partial charge in [0.25, 0.3) is 0 Å². The molecular weight excluding hydrogens is 273 g/mol. The molecule has 0 fully saturated rings. The van der Waals surface area contributed by atoms with Gasteiger partial charge >= 0.3 is 5.97 Å². The van der Waals surface area contributed by atoms with Crippen molar-refractivity contribution in [3.63, 3.8) is 0 Å². The number of aliphatic carboxylic acids is 1. The zero-order valence-corrected chi connectivity index (χ0v) is 11.3. The van der Waals surface area contributed by atoms with Gasteiger partial charge in [-0.2, -0.15) is 0 Å². The monoisotopic (exact) mass is 289 g/mol. The van der Waals surface area contributed by atoms with Gasteiger partial charge in [0.1, 0.15) is 11.9 Å². The summed E-state index contributed by atoms with van der Waals surface area (Å²) in [6, 6.07) is 3.89. The molecule has 19 heavy (non-hydrogen) atoms. The van der Waals surface area contributed by atoms with Crippen LogP contribution in [-0.4, -0.2) is 25.5 Å². The van der Waals surface area contributed by atoms with Crippen molar-refractivity contribution in [3.8, 4) is 0 Å². The molecule has 0 aliphatic carbocycles.